The highest BCUT2D eigenvalue weighted by atomic mass is 79.9. The highest BCUT2D eigenvalue weighted by molar-refractivity contribution is 9.10. The van der Waals surface area contributed by atoms with Crippen LogP contribution in [0.2, 0.25) is 0 Å². The van der Waals surface area contributed by atoms with Crippen LogP contribution in [0.5, 0.6) is 0 Å². The predicted octanol–water partition coefficient (Wildman–Crippen LogP) is 2.64. The van der Waals surface area contributed by atoms with Gasteiger partial charge in [-0.05, 0) is 31.4 Å². The van der Waals surface area contributed by atoms with Crippen LogP contribution >= 0.6 is 15.9 Å². The fourth-order valence-electron chi connectivity index (χ4n) is 2.54. The number of carbonyl (C=O) groups excluding carboxylic acids is 1. The van der Waals surface area contributed by atoms with E-state index in [1.54, 1.807) is 4.90 Å². The minimum absolute atomic E-state index is 0.292. The third kappa shape index (κ3) is 3.70. The molecule has 1 fully saturated rings. The summed E-state index contributed by atoms with van der Waals surface area (Å²) in [5.74, 6) is 0. The van der Waals surface area contributed by atoms with Crippen molar-refractivity contribution < 1.29 is 4.79 Å². The molecule has 2 rings (SSSR count). The molecule has 0 spiro atoms. The molecule has 0 radical (unpaired) electrons. The zero-order chi connectivity index (χ0) is 13.8. The third-order valence-electron chi connectivity index (χ3n) is 3.66. The summed E-state index contributed by atoms with van der Waals surface area (Å²) in [7, 11) is 0. The van der Waals surface area contributed by atoms with E-state index in [9.17, 15) is 4.79 Å². The number of hydrogen-bond donors (Lipinski definition) is 2. The molecule has 1 aromatic carbocycles. The summed E-state index contributed by atoms with van der Waals surface area (Å²) in [6, 6.07) is 8.68. The highest BCUT2D eigenvalue weighted by Gasteiger charge is 2.22. The number of primary amides is 1. The van der Waals surface area contributed by atoms with Crippen LogP contribution in [0.15, 0.2) is 28.7 Å². The topological polar surface area (TPSA) is 58.4 Å². The molecule has 0 saturated carbocycles. The van der Waals surface area contributed by atoms with Crippen LogP contribution in [-0.2, 0) is 0 Å². The Labute approximate surface area is 122 Å². The summed E-state index contributed by atoms with van der Waals surface area (Å²) in [5, 5.41) is 3.63. The van der Waals surface area contributed by atoms with Gasteiger partial charge in [0.2, 0.25) is 0 Å². The van der Waals surface area contributed by atoms with Gasteiger partial charge in [-0.3, -0.25) is 0 Å². The fourth-order valence-corrected chi connectivity index (χ4v) is 3.16. The van der Waals surface area contributed by atoms with Crippen molar-refractivity contribution >= 4 is 22.0 Å². The van der Waals surface area contributed by atoms with Crippen LogP contribution in [0.4, 0.5) is 4.79 Å². The molecule has 1 saturated heterocycles. The lowest BCUT2D eigenvalue weighted by Gasteiger charge is -2.33. The molecular weight excluding hydrogens is 306 g/mol. The number of urea groups is 1. The van der Waals surface area contributed by atoms with E-state index >= 15 is 0 Å². The molecule has 1 aliphatic rings. The summed E-state index contributed by atoms with van der Waals surface area (Å²) < 4.78 is 1.13. The van der Waals surface area contributed by atoms with Gasteiger partial charge in [0.05, 0.1) is 0 Å². The van der Waals surface area contributed by atoms with Crippen LogP contribution in [-0.4, -0.2) is 30.1 Å². The van der Waals surface area contributed by atoms with E-state index in [4.69, 9.17) is 5.73 Å². The summed E-state index contributed by atoms with van der Waals surface area (Å²) in [4.78, 5) is 12.8. The number of halogens is 1. The number of amides is 2. The summed E-state index contributed by atoms with van der Waals surface area (Å²) >= 11 is 3.58. The van der Waals surface area contributed by atoms with E-state index in [0.717, 1.165) is 30.4 Å². The molecular formula is C14H20BrN3O. The molecule has 104 valence electrons. The molecule has 4 nitrogen and oxygen atoms in total. The Morgan fingerprint density at radius 2 is 2.05 bits per heavy atom. The molecule has 0 aromatic heterocycles. The first kappa shape index (κ1) is 14.3. The van der Waals surface area contributed by atoms with Crippen molar-refractivity contribution in [2.24, 2.45) is 5.73 Å². The number of carbonyl (C=O) groups is 1. The van der Waals surface area contributed by atoms with Gasteiger partial charge < -0.3 is 16.0 Å². The second-order valence-corrected chi connectivity index (χ2v) is 5.86. The second-order valence-electron chi connectivity index (χ2n) is 5.01. The van der Waals surface area contributed by atoms with E-state index in [0.29, 0.717) is 12.1 Å². The van der Waals surface area contributed by atoms with Gasteiger partial charge in [-0.15, -0.1) is 0 Å². The van der Waals surface area contributed by atoms with Crippen LogP contribution in [0, 0.1) is 0 Å². The summed E-state index contributed by atoms with van der Waals surface area (Å²) in [6.07, 6.45) is 1.91. The Morgan fingerprint density at radius 1 is 1.42 bits per heavy atom. The van der Waals surface area contributed by atoms with E-state index in [2.05, 4.69) is 40.3 Å². The SMILES string of the molecule is CC(NC1CCN(C(N)=O)CC1)c1ccccc1Br. The van der Waals surface area contributed by atoms with Crippen molar-refractivity contribution in [3.63, 3.8) is 0 Å². The smallest absolute Gasteiger partial charge is 0.314 e. The number of nitrogens with one attached hydrogen (secondary N) is 1. The van der Waals surface area contributed by atoms with Gasteiger partial charge in [-0.2, -0.15) is 0 Å². The van der Waals surface area contributed by atoms with Crippen LogP contribution < -0.4 is 11.1 Å². The Morgan fingerprint density at radius 3 is 2.63 bits per heavy atom. The van der Waals surface area contributed by atoms with E-state index in [1.807, 2.05) is 12.1 Å². The molecule has 1 heterocycles. The normalized spacial score (nSPS) is 18.3. The van der Waals surface area contributed by atoms with Gasteiger partial charge in [0.25, 0.3) is 0 Å². The number of likely N-dealkylation sites (tertiary alicyclic amines) is 1. The minimum atomic E-state index is -0.308. The zero-order valence-electron chi connectivity index (χ0n) is 11.1. The Kier molecular flexibility index (Phi) is 4.82. The largest absolute Gasteiger partial charge is 0.351 e. The van der Waals surface area contributed by atoms with Gasteiger partial charge in [-0.25, -0.2) is 4.79 Å². The molecule has 1 unspecified atom stereocenters. The van der Waals surface area contributed by atoms with Crippen LogP contribution in [0.3, 0.4) is 0 Å². The third-order valence-corrected chi connectivity index (χ3v) is 4.39. The maximum Gasteiger partial charge on any atom is 0.314 e. The van der Waals surface area contributed by atoms with E-state index < -0.39 is 0 Å². The molecule has 2 amide bonds. The highest BCUT2D eigenvalue weighted by Crippen LogP contribution is 2.24. The number of nitrogens with zero attached hydrogens (tertiary/aromatic N) is 1. The Hall–Kier alpha value is -1.07. The average Bonchev–Trinajstić information content (AvgIpc) is 2.39. The molecule has 1 aromatic rings. The summed E-state index contributed by atoms with van der Waals surface area (Å²) in [6.45, 7) is 3.66. The van der Waals surface area contributed by atoms with Crippen LogP contribution in [0.1, 0.15) is 31.4 Å². The van der Waals surface area contributed by atoms with Crippen LogP contribution in [0.25, 0.3) is 0 Å². The number of piperidine rings is 1. The van der Waals surface area contributed by atoms with Gasteiger partial charge in [0, 0.05) is 29.6 Å². The van der Waals surface area contributed by atoms with Gasteiger partial charge in [0.1, 0.15) is 0 Å². The number of rotatable bonds is 3. The maximum atomic E-state index is 11.1. The Balaban J connectivity index is 1.89. The molecule has 5 heteroatoms. The van der Waals surface area contributed by atoms with Crippen molar-refractivity contribution in [2.75, 3.05) is 13.1 Å². The lowest BCUT2D eigenvalue weighted by Crippen LogP contribution is -2.47. The second kappa shape index (κ2) is 6.39. The van der Waals surface area contributed by atoms with Gasteiger partial charge in [-0.1, -0.05) is 34.1 Å². The van der Waals surface area contributed by atoms with Crippen molar-refractivity contribution in [1.29, 1.82) is 0 Å². The lowest BCUT2D eigenvalue weighted by molar-refractivity contribution is 0.183. The predicted molar refractivity (Wildman–Crippen MR) is 79.9 cm³/mol. The van der Waals surface area contributed by atoms with E-state index in [-0.39, 0.29) is 6.03 Å². The van der Waals surface area contributed by atoms with Crippen molar-refractivity contribution in [3.8, 4) is 0 Å². The fraction of sp³-hybridized carbons (Fsp3) is 0.500. The van der Waals surface area contributed by atoms with Crippen molar-refractivity contribution in [3.05, 3.63) is 34.3 Å². The lowest BCUT2D eigenvalue weighted by atomic mass is 10.0. The van der Waals surface area contributed by atoms with Gasteiger partial charge in [0.15, 0.2) is 0 Å². The number of hydrogen-bond acceptors (Lipinski definition) is 2. The molecule has 0 bridgehead atoms. The van der Waals surface area contributed by atoms with Crippen molar-refractivity contribution in [2.45, 2.75) is 31.8 Å². The molecule has 0 aliphatic carbocycles. The maximum absolute atomic E-state index is 11.1. The molecule has 1 atom stereocenters. The average molecular weight is 326 g/mol. The van der Waals surface area contributed by atoms with Gasteiger partial charge >= 0.3 is 6.03 Å². The Bertz CT molecular complexity index is 444. The number of benzene rings is 1. The first-order valence-corrected chi connectivity index (χ1v) is 7.42. The molecule has 3 N–H and O–H groups in total. The first-order chi connectivity index (χ1) is 9.08. The zero-order valence-corrected chi connectivity index (χ0v) is 12.7. The van der Waals surface area contributed by atoms with Crippen molar-refractivity contribution in [1.82, 2.24) is 10.2 Å². The minimum Gasteiger partial charge on any atom is -0.351 e. The molecule has 19 heavy (non-hydrogen) atoms. The quantitative estimate of drug-likeness (QED) is 0.897. The van der Waals surface area contributed by atoms with E-state index in [1.165, 1.54) is 5.56 Å². The first-order valence-electron chi connectivity index (χ1n) is 6.63. The standard InChI is InChI=1S/C14H20BrN3O/c1-10(12-4-2-3-5-13(12)15)17-11-6-8-18(9-7-11)14(16)19/h2-5,10-11,17H,6-9H2,1H3,(H2,16,19). The molecule has 1 aliphatic heterocycles. The summed E-state index contributed by atoms with van der Waals surface area (Å²) in [5.41, 5.74) is 6.55. The number of nitrogens with two attached hydrogens (primary N) is 1. The monoisotopic (exact) mass is 325 g/mol.